The van der Waals surface area contributed by atoms with Crippen LogP contribution in [0.25, 0.3) is 0 Å². The van der Waals surface area contributed by atoms with Gasteiger partial charge in [0.15, 0.2) is 0 Å². The standard InChI is InChI=1S/C18H21NO5/c1-22-14-7-5-13(6-8-14)16(12-18(21)23-2)19-17(20)10-9-15-4-3-11-24-15/h3-8,11,16H,9-10,12H2,1-2H3,(H,19,20). The Morgan fingerprint density at radius 3 is 2.50 bits per heavy atom. The van der Waals surface area contributed by atoms with Crippen LogP contribution in [0.3, 0.4) is 0 Å². The maximum absolute atomic E-state index is 12.2. The van der Waals surface area contributed by atoms with E-state index in [2.05, 4.69) is 5.32 Å². The summed E-state index contributed by atoms with van der Waals surface area (Å²) >= 11 is 0. The average molecular weight is 331 g/mol. The summed E-state index contributed by atoms with van der Waals surface area (Å²) in [7, 11) is 2.91. The summed E-state index contributed by atoms with van der Waals surface area (Å²) < 4.78 is 15.1. The van der Waals surface area contributed by atoms with E-state index in [0.29, 0.717) is 12.2 Å². The molecule has 2 rings (SSSR count). The molecule has 0 saturated heterocycles. The molecule has 0 saturated carbocycles. The van der Waals surface area contributed by atoms with E-state index in [4.69, 9.17) is 13.9 Å². The van der Waals surface area contributed by atoms with Crippen molar-refractivity contribution in [3.05, 3.63) is 54.0 Å². The number of aryl methyl sites for hydroxylation is 1. The molecule has 0 aliphatic rings. The molecule has 1 aromatic heterocycles. The second-order valence-electron chi connectivity index (χ2n) is 5.25. The highest BCUT2D eigenvalue weighted by Gasteiger charge is 2.19. The van der Waals surface area contributed by atoms with Crippen molar-refractivity contribution >= 4 is 11.9 Å². The van der Waals surface area contributed by atoms with E-state index in [1.54, 1.807) is 31.6 Å². The summed E-state index contributed by atoms with van der Waals surface area (Å²) in [4.78, 5) is 23.8. The maximum atomic E-state index is 12.2. The molecule has 24 heavy (non-hydrogen) atoms. The smallest absolute Gasteiger partial charge is 0.307 e. The van der Waals surface area contributed by atoms with Crippen LogP contribution in [0.15, 0.2) is 47.1 Å². The quantitative estimate of drug-likeness (QED) is 0.752. The number of hydrogen-bond donors (Lipinski definition) is 1. The zero-order valence-corrected chi connectivity index (χ0v) is 13.8. The number of ether oxygens (including phenoxy) is 2. The Labute approximate surface area is 140 Å². The number of benzene rings is 1. The van der Waals surface area contributed by atoms with Crippen molar-refractivity contribution in [2.45, 2.75) is 25.3 Å². The first-order chi connectivity index (χ1) is 11.6. The van der Waals surface area contributed by atoms with Crippen LogP contribution >= 0.6 is 0 Å². The van der Waals surface area contributed by atoms with E-state index in [1.807, 2.05) is 18.2 Å². The molecule has 6 nitrogen and oxygen atoms in total. The molecule has 0 aliphatic heterocycles. The molecule has 0 aliphatic carbocycles. The topological polar surface area (TPSA) is 77.8 Å². The fourth-order valence-corrected chi connectivity index (χ4v) is 2.30. The normalized spacial score (nSPS) is 11.6. The Kier molecular flexibility index (Phi) is 6.42. The van der Waals surface area contributed by atoms with Crippen molar-refractivity contribution < 1.29 is 23.5 Å². The molecule has 6 heteroatoms. The Morgan fingerprint density at radius 1 is 1.17 bits per heavy atom. The molecule has 0 spiro atoms. The summed E-state index contributed by atoms with van der Waals surface area (Å²) in [5.41, 5.74) is 0.813. The number of amides is 1. The van der Waals surface area contributed by atoms with Crippen LogP contribution in [0.5, 0.6) is 5.75 Å². The Hall–Kier alpha value is -2.76. The van der Waals surface area contributed by atoms with Crippen LogP contribution in [0.1, 0.15) is 30.2 Å². The van der Waals surface area contributed by atoms with Gasteiger partial charge in [0.2, 0.25) is 5.91 Å². The van der Waals surface area contributed by atoms with Gasteiger partial charge in [-0.1, -0.05) is 12.1 Å². The second kappa shape index (κ2) is 8.76. The molecular weight excluding hydrogens is 310 g/mol. The lowest BCUT2D eigenvalue weighted by Gasteiger charge is -2.18. The summed E-state index contributed by atoms with van der Waals surface area (Å²) in [6.07, 6.45) is 2.42. The SMILES string of the molecule is COC(=O)CC(NC(=O)CCc1ccco1)c1ccc(OC)cc1. The molecule has 0 fully saturated rings. The molecule has 1 aromatic carbocycles. The first-order valence-electron chi connectivity index (χ1n) is 7.65. The molecule has 0 radical (unpaired) electrons. The van der Waals surface area contributed by atoms with Crippen molar-refractivity contribution in [3.63, 3.8) is 0 Å². The monoisotopic (exact) mass is 331 g/mol. The first-order valence-corrected chi connectivity index (χ1v) is 7.65. The molecule has 1 atom stereocenters. The van der Waals surface area contributed by atoms with E-state index >= 15 is 0 Å². The predicted octanol–water partition coefficient (Wildman–Crippen LogP) is 2.64. The van der Waals surface area contributed by atoms with Crippen molar-refractivity contribution in [1.29, 1.82) is 0 Å². The summed E-state index contributed by atoms with van der Waals surface area (Å²) in [6, 6.07) is 10.4. The lowest BCUT2D eigenvalue weighted by atomic mass is 10.0. The molecule has 0 bridgehead atoms. The van der Waals surface area contributed by atoms with Gasteiger partial charge in [0.1, 0.15) is 11.5 Å². The Bertz CT molecular complexity index is 649. The average Bonchev–Trinajstić information content (AvgIpc) is 3.13. The highest BCUT2D eigenvalue weighted by Crippen LogP contribution is 2.21. The van der Waals surface area contributed by atoms with Crippen LogP contribution in [0.2, 0.25) is 0 Å². The number of methoxy groups -OCH3 is 2. The Morgan fingerprint density at radius 2 is 1.92 bits per heavy atom. The van der Waals surface area contributed by atoms with Gasteiger partial charge in [0, 0.05) is 12.8 Å². The van der Waals surface area contributed by atoms with Gasteiger partial charge in [-0.05, 0) is 29.8 Å². The number of rotatable bonds is 8. The van der Waals surface area contributed by atoms with Gasteiger partial charge in [-0.25, -0.2) is 0 Å². The molecule has 1 amide bonds. The third kappa shape index (κ3) is 5.15. The summed E-state index contributed by atoms with van der Waals surface area (Å²) in [5.74, 6) is 0.914. The minimum Gasteiger partial charge on any atom is -0.497 e. The van der Waals surface area contributed by atoms with Gasteiger partial charge in [-0.3, -0.25) is 9.59 Å². The zero-order valence-electron chi connectivity index (χ0n) is 13.8. The lowest BCUT2D eigenvalue weighted by molar-refractivity contribution is -0.141. The van der Waals surface area contributed by atoms with E-state index in [-0.39, 0.29) is 24.7 Å². The summed E-state index contributed by atoms with van der Waals surface area (Å²) in [5, 5.41) is 2.88. The van der Waals surface area contributed by atoms with Crippen molar-refractivity contribution in [1.82, 2.24) is 5.32 Å². The highest BCUT2D eigenvalue weighted by molar-refractivity contribution is 5.78. The number of carbonyl (C=O) groups excluding carboxylic acids is 2. The van der Waals surface area contributed by atoms with Crippen LogP contribution in [0, 0.1) is 0 Å². The van der Waals surface area contributed by atoms with Crippen LogP contribution in [-0.2, 0) is 20.7 Å². The number of esters is 1. The van der Waals surface area contributed by atoms with Crippen molar-refractivity contribution in [2.24, 2.45) is 0 Å². The third-order valence-corrected chi connectivity index (χ3v) is 3.63. The molecule has 1 heterocycles. The van der Waals surface area contributed by atoms with E-state index < -0.39 is 6.04 Å². The fourth-order valence-electron chi connectivity index (χ4n) is 2.30. The van der Waals surface area contributed by atoms with Gasteiger partial charge in [0.05, 0.1) is 32.9 Å². The highest BCUT2D eigenvalue weighted by atomic mass is 16.5. The van der Waals surface area contributed by atoms with Crippen LogP contribution < -0.4 is 10.1 Å². The molecular formula is C18H21NO5. The predicted molar refractivity (Wildman–Crippen MR) is 87.5 cm³/mol. The van der Waals surface area contributed by atoms with E-state index in [0.717, 1.165) is 11.3 Å². The van der Waals surface area contributed by atoms with Crippen LogP contribution in [0.4, 0.5) is 0 Å². The van der Waals surface area contributed by atoms with E-state index in [1.165, 1.54) is 7.11 Å². The minimum atomic E-state index is -0.451. The zero-order chi connectivity index (χ0) is 17.4. The molecule has 1 N–H and O–H groups in total. The molecule has 2 aromatic rings. The van der Waals surface area contributed by atoms with Gasteiger partial charge in [-0.2, -0.15) is 0 Å². The number of hydrogen-bond acceptors (Lipinski definition) is 5. The first kappa shape index (κ1) is 17.6. The molecule has 1 unspecified atom stereocenters. The maximum Gasteiger partial charge on any atom is 0.307 e. The number of furan rings is 1. The summed E-state index contributed by atoms with van der Waals surface area (Å²) in [6.45, 7) is 0. The van der Waals surface area contributed by atoms with Gasteiger partial charge in [0.25, 0.3) is 0 Å². The van der Waals surface area contributed by atoms with Crippen LogP contribution in [-0.4, -0.2) is 26.1 Å². The Balaban J connectivity index is 2.01. The van der Waals surface area contributed by atoms with Gasteiger partial charge in [-0.15, -0.1) is 0 Å². The third-order valence-electron chi connectivity index (χ3n) is 3.63. The van der Waals surface area contributed by atoms with E-state index in [9.17, 15) is 9.59 Å². The van der Waals surface area contributed by atoms with Crippen molar-refractivity contribution in [3.8, 4) is 5.75 Å². The number of nitrogens with one attached hydrogen (secondary N) is 1. The second-order valence-corrected chi connectivity index (χ2v) is 5.25. The largest absolute Gasteiger partial charge is 0.497 e. The van der Waals surface area contributed by atoms with Gasteiger partial charge >= 0.3 is 5.97 Å². The van der Waals surface area contributed by atoms with Crippen molar-refractivity contribution in [2.75, 3.05) is 14.2 Å². The number of carbonyl (C=O) groups is 2. The lowest BCUT2D eigenvalue weighted by Crippen LogP contribution is -2.30. The molecule has 128 valence electrons. The fraction of sp³-hybridized carbons (Fsp3) is 0.333. The van der Waals surface area contributed by atoms with Gasteiger partial charge < -0.3 is 19.2 Å². The minimum absolute atomic E-state index is 0.0648.